The SMILES string of the molecule is COC(=O)CC(=O)C[C@@H](C)N[S@](C)=O. The van der Waals surface area contributed by atoms with Crippen molar-refractivity contribution in [2.24, 2.45) is 0 Å². The molecule has 0 rings (SSSR count). The smallest absolute Gasteiger partial charge is 0.313 e. The molecule has 0 heterocycles. The first-order valence-corrected chi connectivity index (χ1v) is 5.69. The largest absolute Gasteiger partial charge is 0.469 e. The summed E-state index contributed by atoms with van der Waals surface area (Å²) in [6.07, 6.45) is 1.44. The molecular formula is C8H15NO4S. The number of ketones is 1. The fourth-order valence-electron chi connectivity index (χ4n) is 0.972. The minimum absolute atomic E-state index is 0.175. The van der Waals surface area contributed by atoms with Gasteiger partial charge in [-0.2, -0.15) is 0 Å². The fraction of sp³-hybridized carbons (Fsp3) is 0.750. The van der Waals surface area contributed by atoms with Gasteiger partial charge in [-0.15, -0.1) is 0 Å². The van der Waals surface area contributed by atoms with Gasteiger partial charge in [-0.25, -0.2) is 8.93 Å². The van der Waals surface area contributed by atoms with Crippen LogP contribution in [0.25, 0.3) is 0 Å². The fourth-order valence-corrected chi connectivity index (χ4v) is 1.62. The van der Waals surface area contributed by atoms with Crippen LogP contribution in [0.4, 0.5) is 0 Å². The first-order valence-electron chi connectivity index (χ1n) is 4.13. The monoisotopic (exact) mass is 221 g/mol. The van der Waals surface area contributed by atoms with Crippen molar-refractivity contribution in [1.82, 2.24) is 4.72 Å². The molecule has 0 saturated carbocycles. The van der Waals surface area contributed by atoms with E-state index in [1.54, 1.807) is 6.92 Å². The summed E-state index contributed by atoms with van der Waals surface area (Å²) in [7, 11) is 0.0896. The highest BCUT2D eigenvalue weighted by Crippen LogP contribution is 1.97. The lowest BCUT2D eigenvalue weighted by molar-refractivity contribution is -0.143. The van der Waals surface area contributed by atoms with Gasteiger partial charge in [0.1, 0.15) is 12.2 Å². The number of rotatable bonds is 6. The number of ether oxygens (including phenoxy) is 1. The minimum atomic E-state index is -1.14. The molecule has 0 aliphatic rings. The molecule has 0 aliphatic carbocycles. The summed E-state index contributed by atoms with van der Waals surface area (Å²) in [5.74, 6) is -0.762. The number of hydrogen-bond acceptors (Lipinski definition) is 4. The van der Waals surface area contributed by atoms with E-state index in [1.807, 2.05) is 0 Å². The molecule has 14 heavy (non-hydrogen) atoms. The maximum absolute atomic E-state index is 11.2. The summed E-state index contributed by atoms with van der Waals surface area (Å²) in [5.41, 5.74) is 0. The number of hydrogen-bond donors (Lipinski definition) is 1. The van der Waals surface area contributed by atoms with Gasteiger partial charge in [0.2, 0.25) is 0 Å². The predicted molar refractivity (Wildman–Crippen MR) is 52.9 cm³/mol. The summed E-state index contributed by atoms with van der Waals surface area (Å²) < 4.78 is 17.7. The maximum Gasteiger partial charge on any atom is 0.313 e. The van der Waals surface area contributed by atoms with Crippen molar-refractivity contribution in [3.05, 3.63) is 0 Å². The van der Waals surface area contributed by atoms with Crippen molar-refractivity contribution >= 4 is 22.7 Å². The number of nitrogens with one attached hydrogen (secondary N) is 1. The molecule has 0 spiro atoms. The van der Waals surface area contributed by atoms with Crippen LogP contribution in [-0.4, -0.2) is 35.4 Å². The molecule has 0 amide bonds. The number of methoxy groups -OCH3 is 1. The van der Waals surface area contributed by atoms with Crippen molar-refractivity contribution in [1.29, 1.82) is 0 Å². The quantitative estimate of drug-likeness (QED) is 0.497. The third-order valence-corrected chi connectivity index (χ3v) is 2.20. The molecule has 0 aromatic rings. The second-order valence-corrected chi connectivity index (χ2v) is 4.11. The predicted octanol–water partition coefficient (Wildman–Crippen LogP) is -0.220. The third kappa shape index (κ3) is 6.73. The maximum atomic E-state index is 11.2. The molecule has 0 fully saturated rings. The number of carbonyl (C=O) groups is 2. The van der Waals surface area contributed by atoms with E-state index in [-0.39, 0.29) is 24.7 Å². The summed E-state index contributed by atoms with van der Waals surface area (Å²) in [6.45, 7) is 1.73. The van der Waals surface area contributed by atoms with E-state index in [0.717, 1.165) is 0 Å². The van der Waals surface area contributed by atoms with Crippen molar-refractivity contribution < 1.29 is 18.5 Å². The summed E-state index contributed by atoms with van der Waals surface area (Å²) >= 11 is 0. The van der Waals surface area contributed by atoms with Crippen LogP contribution in [0.1, 0.15) is 19.8 Å². The summed E-state index contributed by atoms with van der Waals surface area (Å²) in [6, 6.07) is -0.196. The Bertz CT molecular complexity index is 241. The molecule has 6 heteroatoms. The van der Waals surface area contributed by atoms with Crippen LogP contribution < -0.4 is 4.72 Å². The van der Waals surface area contributed by atoms with E-state index >= 15 is 0 Å². The molecule has 2 atom stereocenters. The standard InChI is InChI=1S/C8H15NO4S/c1-6(9-14(3)12)4-7(10)5-8(11)13-2/h6,9H,4-5H2,1-3H3/t6-,14+/m1/s1. The molecule has 82 valence electrons. The number of Topliss-reactive ketones (excluding diaryl/α,β-unsaturated/α-hetero) is 1. The average Bonchev–Trinajstić information content (AvgIpc) is 2.01. The Balaban J connectivity index is 3.82. The van der Waals surface area contributed by atoms with Gasteiger partial charge in [-0.05, 0) is 6.92 Å². The van der Waals surface area contributed by atoms with Crippen LogP contribution in [0.5, 0.6) is 0 Å². The Morgan fingerprint density at radius 3 is 2.50 bits per heavy atom. The van der Waals surface area contributed by atoms with Crippen LogP contribution in [-0.2, 0) is 25.3 Å². The van der Waals surface area contributed by atoms with E-state index in [4.69, 9.17) is 0 Å². The Labute approximate surface area is 85.8 Å². The van der Waals surface area contributed by atoms with Gasteiger partial charge in [0, 0.05) is 18.7 Å². The molecule has 0 radical (unpaired) electrons. The summed E-state index contributed by atoms with van der Waals surface area (Å²) in [4.78, 5) is 21.9. The van der Waals surface area contributed by atoms with E-state index in [0.29, 0.717) is 0 Å². The molecule has 1 N–H and O–H groups in total. The van der Waals surface area contributed by atoms with Crippen LogP contribution >= 0.6 is 0 Å². The second-order valence-electron chi connectivity index (χ2n) is 2.97. The topological polar surface area (TPSA) is 72.5 Å². The van der Waals surface area contributed by atoms with Gasteiger partial charge < -0.3 is 4.74 Å². The normalized spacial score (nSPS) is 14.5. The zero-order chi connectivity index (χ0) is 11.1. The Morgan fingerprint density at radius 1 is 1.50 bits per heavy atom. The number of esters is 1. The van der Waals surface area contributed by atoms with Gasteiger partial charge in [-0.1, -0.05) is 0 Å². The van der Waals surface area contributed by atoms with Gasteiger partial charge >= 0.3 is 5.97 Å². The van der Waals surface area contributed by atoms with Crippen LogP contribution in [0.2, 0.25) is 0 Å². The van der Waals surface area contributed by atoms with Gasteiger partial charge in [-0.3, -0.25) is 9.59 Å². The molecule has 5 nitrogen and oxygen atoms in total. The average molecular weight is 221 g/mol. The van der Waals surface area contributed by atoms with Crippen LogP contribution in [0.15, 0.2) is 0 Å². The Hall–Kier alpha value is -0.750. The van der Waals surface area contributed by atoms with Crippen molar-refractivity contribution in [3.63, 3.8) is 0 Å². The molecular weight excluding hydrogens is 206 g/mol. The number of carbonyl (C=O) groups excluding carboxylic acids is 2. The van der Waals surface area contributed by atoms with Gasteiger partial charge in [0.25, 0.3) is 0 Å². The third-order valence-electron chi connectivity index (χ3n) is 1.47. The van der Waals surface area contributed by atoms with E-state index in [2.05, 4.69) is 9.46 Å². The van der Waals surface area contributed by atoms with Gasteiger partial charge in [0.15, 0.2) is 0 Å². The molecule has 0 aliphatic heterocycles. The summed E-state index contributed by atoms with van der Waals surface area (Å²) in [5, 5.41) is 0. The molecule has 0 saturated heterocycles. The minimum Gasteiger partial charge on any atom is -0.469 e. The van der Waals surface area contributed by atoms with Gasteiger partial charge in [0.05, 0.1) is 18.1 Å². The Kier molecular flexibility index (Phi) is 6.31. The molecule has 0 aromatic heterocycles. The highest BCUT2D eigenvalue weighted by molar-refractivity contribution is 7.82. The molecule has 0 bridgehead atoms. The van der Waals surface area contributed by atoms with Crippen molar-refractivity contribution in [2.45, 2.75) is 25.8 Å². The van der Waals surface area contributed by atoms with E-state index in [9.17, 15) is 13.8 Å². The van der Waals surface area contributed by atoms with Crippen molar-refractivity contribution in [2.75, 3.05) is 13.4 Å². The first kappa shape index (κ1) is 13.2. The zero-order valence-electron chi connectivity index (χ0n) is 8.53. The van der Waals surface area contributed by atoms with E-state index < -0.39 is 17.0 Å². The van der Waals surface area contributed by atoms with Crippen LogP contribution in [0, 0.1) is 0 Å². The highest BCUT2D eigenvalue weighted by atomic mass is 32.2. The van der Waals surface area contributed by atoms with Crippen molar-refractivity contribution in [3.8, 4) is 0 Å². The lowest BCUT2D eigenvalue weighted by Crippen LogP contribution is -2.30. The second kappa shape index (κ2) is 6.67. The first-order chi connectivity index (χ1) is 6.45. The lowest BCUT2D eigenvalue weighted by Gasteiger charge is -2.09. The van der Waals surface area contributed by atoms with E-state index in [1.165, 1.54) is 13.4 Å². The Morgan fingerprint density at radius 2 is 2.07 bits per heavy atom. The molecule has 0 aromatic carbocycles. The lowest BCUT2D eigenvalue weighted by atomic mass is 10.1. The van der Waals surface area contributed by atoms with Crippen LogP contribution in [0.3, 0.4) is 0 Å². The zero-order valence-corrected chi connectivity index (χ0v) is 9.35. The highest BCUT2D eigenvalue weighted by Gasteiger charge is 2.13. The molecule has 0 unspecified atom stereocenters.